The third-order valence-electron chi connectivity index (χ3n) is 3.54. The van der Waals surface area contributed by atoms with E-state index in [2.05, 4.69) is 18.7 Å². The van der Waals surface area contributed by atoms with E-state index in [-0.39, 0.29) is 23.8 Å². The number of Topliss-reactive ketones (excluding diaryl/α,β-unsaturated/α-hetero) is 1. The zero-order valence-corrected chi connectivity index (χ0v) is 12.1. The van der Waals surface area contributed by atoms with Crippen molar-refractivity contribution < 1.29 is 13.9 Å². The van der Waals surface area contributed by atoms with Gasteiger partial charge in [0.25, 0.3) is 0 Å². The fraction of sp³-hybridized carbons (Fsp3) is 0.562. The fourth-order valence-corrected chi connectivity index (χ4v) is 2.71. The van der Waals surface area contributed by atoms with Crippen molar-refractivity contribution in [2.75, 3.05) is 19.6 Å². The van der Waals surface area contributed by atoms with Crippen LogP contribution >= 0.6 is 0 Å². The average Bonchev–Trinajstić information content (AvgIpc) is 2.38. The monoisotopic (exact) mass is 279 g/mol. The maximum absolute atomic E-state index is 12.8. The summed E-state index contributed by atoms with van der Waals surface area (Å²) >= 11 is 0. The van der Waals surface area contributed by atoms with Crippen molar-refractivity contribution in [2.24, 2.45) is 0 Å². The molecule has 20 heavy (non-hydrogen) atoms. The number of carbonyl (C=O) groups is 1. The topological polar surface area (TPSA) is 29.5 Å². The van der Waals surface area contributed by atoms with Crippen LogP contribution in [-0.2, 0) is 4.74 Å². The molecule has 1 heterocycles. The Morgan fingerprint density at radius 2 is 1.85 bits per heavy atom. The number of ether oxygens (including phenoxy) is 1. The van der Waals surface area contributed by atoms with Gasteiger partial charge in [-0.15, -0.1) is 0 Å². The molecule has 1 saturated heterocycles. The van der Waals surface area contributed by atoms with Crippen LogP contribution in [0.3, 0.4) is 0 Å². The highest BCUT2D eigenvalue weighted by atomic mass is 19.1. The Labute approximate surface area is 119 Å². The van der Waals surface area contributed by atoms with E-state index >= 15 is 0 Å². The van der Waals surface area contributed by atoms with Gasteiger partial charge < -0.3 is 4.74 Å². The molecule has 0 radical (unpaired) electrons. The first-order valence-corrected chi connectivity index (χ1v) is 7.21. The number of hydrogen-bond acceptors (Lipinski definition) is 3. The number of ketones is 1. The Bertz CT molecular complexity index is 436. The molecule has 1 fully saturated rings. The first kappa shape index (κ1) is 15.1. The Kier molecular flexibility index (Phi) is 5.26. The number of hydrogen-bond donors (Lipinski definition) is 0. The normalized spacial score (nSPS) is 23.8. The van der Waals surface area contributed by atoms with Gasteiger partial charge in [0.15, 0.2) is 5.78 Å². The van der Waals surface area contributed by atoms with Gasteiger partial charge in [0.05, 0.1) is 12.2 Å². The molecule has 1 aromatic rings. The van der Waals surface area contributed by atoms with E-state index < -0.39 is 0 Å². The van der Waals surface area contributed by atoms with Crippen molar-refractivity contribution in [1.29, 1.82) is 0 Å². The molecular weight excluding hydrogens is 257 g/mol. The van der Waals surface area contributed by atoms with E-state index in [1.165, 1.54) is 12.1 Å². The van der Waals surface area contributed by atoms with Crippen LogP contribution in [0.4, 0.5) is 4.39 Å². The van der Waals surface area contributed by atoms with Crippen LogP contribution in [0.1, 0.15) is 37.0 Å². The quantitative estimate of drug-likeness (QED) is 0.776. The molecule has 0 amide bonds. The van der Waals surface area contributed by atoms with Crippen LogP contribution in [0.2, 0.25) is 0 Å². The van der Waals surface area contributed by atoms with Gasteiger partial charge in [0.1, 0.15) is 5.82 Å². The van der Waals surface area contributed by atoms with Crippen molar-refractivity contribution in [2.45, 2.75) is 38.9 Å². The molecule has 0 unspecified atom stereocenters. The molecule has 2 atom stereocenters. The second-order valence-corrected chi connectivity index (χ2v) is 5.55. The van der Waals surface area contributed by atoms with Gasteiger partial charge in [0, 0.05) is 25.1 Å². The van der Waals surface area contributed by atoms with Crippen molar-refractivity contribution >= 4 is 5.78 Å². The molecule has 0 aromatic heterocycles. The SMILES string of the molecule is C[C@@H]1CN(CCCC(=O)c2ccc(F)cc2)C[C@H](C)O1. The highest BCUT2D eigenvalue weighted by Crippen LogP contribution is 2.12. The smallest absolute Gasteiger partial charge is 0.162 e. The fourth-order valence-electron chi connectivity index (χ4n) is 2.71. The lowest BCUT2D eigenvalue weighted by Crippen LogP contribution is -2.45. The molecule has 1 aliphatic rings. The maximum atomic E-state index is 12.8. The summed E-state index contributed by atoms with van der Waals surface area (Å²) in [4.78, 5) is 14.3. The Morgan fingerprint density at radius 1 is 1.25 bits per heavy atom. The highest BCUT2D eigenvalue weighted by molar-refractivity contribution is 5.95. The van der Waals surface area contributed by atoms with Crippen LogP contribution in [-0.4, -0.2) is 42.5 Å². The van der Waals surface area contributed by atoms with Crippen molar-refractivity contribution in [3.8, 4) is 0 Å². The van der Waals surface area contributed by atoms with E-state index in [1.54, 1.807) is 12.1 Å². The van der Waals surface area contributed by atoms with Crippen LogP contribution in [0, 0.1) is 5.82 Å². The molecule has 0 spiro atoms. The molecule has 0 aliphatic carbocycles. The summed E-state index contributed by atoms with van der Waals surface area (Å²) in [7, 11) is 0. The van der Waals surface area contributed by atoms with Crippen LogP contribution < -0.4 is 0 Å². The maximum Gasteiger partial charge on any atom is 0.162 e. The molecule has 3 nitrogen and oxygen atoms in total. The Morgan fingerprint density at radius 3 is 2.45 bits per heavy atom. The molecule has 1 aromatic carbocycles. The molecule has 0 saturated carbocycles. The third kappa shape index (κ3) is 4.39. The third-order valence-corrected chi connectivity index (χ3v) is 3.54. The number of nitrogens with zero attached hydrogens (tertiary/aromatic N) is 1. The van der Waals surface area contributed by atoms with Crippen LogP contribution in [0.25, 0.3) is 0 Å². The summed E-state index contributed by atoms with van der Waals surface area (Å²) in [5.74, 6) is -0.225. The second-order valence-electron chi connectivity index (χ2n) is 5.55. The van der Waals surface area contributed by atoms with Gasteiger partial charge in [-0.2, -0.15) is 0 Å². The first-order chi connectivity index (χ1) is 9.54. The summed E-state index contributed by atoms with van der Waals surface area (Å²) < 4.78 is 18.5. The predicted molar refractivity (Wildman–Crippen MR) is 76.4 cm³/mol. The number of halogens is 1. The van der Waals surface area contributed by atoms with E-state index in [1.807, 2.05) is 0 Å². The zero-order chi connectivity index (χ0) is 14.5. The first-order valence-electron chi connectivity index (χ1n) is 7.21. The van der Waals surface area contributed by atoms with E-state index in [0.717, 1.165) is 26.1 Å². The number of carbonyl (C=O) groups excluding carboxylic acids is 1. The second kappa shape index (κ2) is 6.95. The van der Waals surface area contributed by atoms with Gasteiger partial charge in [-0.25, -0.2) is 4.39 Å². The van der Waals surface area contributed by atoms with Gasteiger partial charge in [-0.1, -0.05) is 0 Å². The number of rotatable bonds is 5. The Balaban J connectivity index is 1.75. The molecule has 1 aliphatic heterocycles. The van der Waals surface area contributed by atoms with Gasteiger partial charge in [0.2, 0.25) is 0 Å². The highest BCUT2D eigenvalue weighted by Gasteiger charge is 2.21. The molecule has 2 rings (SSSR count). The lowest BCUT2D eigenvalue weighted by atomic mass is 10.1. The van der Waals surface area contributed by atoms with Gasteiger partial charge in [-0.3, -0.25) is 9.69 Å². The van der Waals surface area contributed by atoms with E-state index in [4.69, 9.17) is 4.74 Å². The minimum atomic E-state index is -0.308. The lowest BCUT2D eigenvalue weighted by Gasteiger charge is -2.35. The summed E-state index contributed by atoms with van der Waals surface area (Å²) in [6.07, 6.45) is 1.85. The molecule has 0 bridgehead atoms. The summed E-state index contributed by atoms with van der Waals surface area (Å²) in [5, 5.41) is 0. The van der Waals surface area contributed by atoms with E-state index in [9.17, 15) is 9.18 Å². The number of morpholine rings is 1. The zero-order valence-electron chi connectivity index (χ0n) is 12.1. The molecule has 110 valence electrons. The van der Waals surface area contributed by atoms with Gasteiger partial charge in [-0.05, 0) is 51.1 Å². The molecule has 4 heteroatoms. The summed E-state index contributed by atoms with van der Waals surface area (Å²) in [6, 6.07) is 5.77. The Hall–Kier alpha value is -1.26. The van der Waals surface area contributed by atoms with Gasteiger partial charge >= 0.3 is 0 Å². The lowest BCUT2D eigenvalue weighted by molar-refractivity contribution is -0.0680. The van der Waals surface area contributed by atoms with Crippen molar-refractivity contribution in [1.82, 2.24) is 4.90 Å². The van der Waals surface area contributed by atoms with Crippen molar-refractivity contribution in [3.63, 3.8) is 0 Å². The molecular formula is C16H22FNO2. The number of benzene rings is 1. The molecule has 0 N–H and O–H groups in total. The summed E-state index contributed by atoms with van der Waals surface area (Å²) in [6.45, 7) is 6.91. The predicted octanol–water partition coefficient (Wildman–Crippen LogP) is 2.90. The largest absolute Gasteiger partial charge is 0.373 e. The standard InChI is InChI=1S/C16H22FNO2/c1-12-10-18(11-13(2)20-12)9-3-4-16(19)14-5-7-15(17)8-6-14/h5-8,12-13H,3-4,9-11H2,1-2H3/t12-,13+. The minimum absolute atomic E-state index is 0.0827. The van der Waals surface area contributed by atoms with Crippen LogP contribution in [0.15, 0.2) is 24.3 Å². The van der Waals surface area contributed by atoms with Crippen LogP contribution in [0.5, 0.6) is 0 Å². The van der Waals surface area contributed by atoms with Crippen molar-refractivity contribution in [3.05, 3.63) is 35.6 Å². The average molecular weight is 279 g/mol. The van der Waals surface area contributed by atoms with E-state index in [0.29, 0.717) is 12.0 Å². The minimum Gasteiger partial charge on any atom is -0.373 e. The summed E-state index contributed by atoms with van der Waals surface area (Å²) in [5.41, 5.74) is 0.593.